The molecule has 72 heavy (non-hydrogen) atoms. The summed E-state index contributed by atoms with van der Waals surface area (Å²) >= 11 is 2.96. The summed E-state index contributed by atoms with van der Waals surface area (Å²) in [5, 5.41) is 22.2. The smallest absolute Gasteiger partial charge is 0.180 e. The second kappa shape index (κ2) is 21.2. The normalized spacial score (nSPS) is 12.0. The van der Waals surface area contributed by atoms with E-state index >= 15 is 0 Å². The number of rotatable bonds is 16. The van der Waals surface area contributed by atoms with Gasteiger partial charge in [-0.1, -0.05) is 60.7 Å². The molecule has 360 valence electrons. The lowest BCUT2D eigenvalue weighted by molar-refractivity contribution is 0.174. The van der Waals surface area contributed by atoms with Crippen molar-refractivity contribution in [2.24, 2.45) is 0 Å². The van der Waals surface area contributed by atoms with Crippen LogP contribution in [0.5, 0.6) is 46.0 Å². The predicted molar refractivity (Wildman–Crippen MR) is 294 cm³/mol. The molecule has 0 atom stereocenters. The molecule has 1 aliphatic heterocycles. The molecular weight excluding hydrogens is 941 g/mol. The molecule has 1 aliphatic rings. The highest BCUT2D eigenvalue weighted by molar-refractivity contribution is 7.17. The van der Waals surface area contributed by atoms with Crippen LogP contribution < -0.4 is 38.2 Å². The Morgan fingerprint density at radius 3 is 1.07 bits per heavy atom. The van der Waals surface area contributed by atoms with Crippen molar-refractivity contribution in [2.75, 3.05) is 51.5 Å². The van der Waals surface area contributed by atoms with E-state index in [0.717, 1.165) is 101 Å². The Bertz CT molecular complexity index is 3230. The molecule has 0 fully saturated rings. The molecule has 0 aliphatic carbocycles. The molecule has 0 unspecified atom stereocenters. The van der Waals surface area contributed by atoms with Crippen LogP contribution in [0.25, 0.3) is 45.2 Å². The van der Waals surface area contributed by atoms with Crippen LogP contribution in [-0.4, -0.2) is 51.9 Å². The first-order valence-electron chi connectivity index (χ1n) is 23.1. The molecule has 2 N–H and O–H groups in total. The van der Waals surface area contributed by atoms with Gasteiger partial charge in [0.1, 0.15) is 36.2 Å². The van der Waals surface area contributed by atoms with E-state index in [1.54, 1.807) is 39.8 Å². The standard InChI is InChI=1S/C60H50N2O8S2/c1-65-49-27-19-45(20-28-49)61(46-21-29-50(66-2)30-22-46)43-15-11-41(12-16-43)59-56(64)55(63)53(71-59)35-9-39-5-7-40(8-6-39)10-36-54-57-58(70-38-37-69-57)60(72-54)42-13-17-44(18-14-42)62(47-23-31-51(67-3)32-24-47)48-25-33-52(68-4)34-26-48/h5-36,63-64H,37-38H2,1-4H3/b35-9+,36-10+. The molecule has 0 bridgehead atoms. The van der Waals surface area contributed by atoms with Crippen LogP contribution in [0.1, 0.15) is 20.9 Å². The lowest BCUT2D eigenvalue weighted by Crippen LogP contribution is -2.14. The minimum atomic E-state index is -0.155. The van der Waals surface area contributed by atoms with Crippen molar-refractivity contribution < 1.29 is 38.6 Å². The number of aromatic hydroxyl groups is 2. The molecular formula is C60H50N2O8S2. The number of benzene rings is 7. The topological polar surface area (TPSA) is 102 Å². The van der Waals surface area contributed by atoms with Gasteiger partial charge < -0.3 is 48.4 Å². The number of nitrogens with zero attached hydrogens (tertiary/aromatic N) is 2. The van der Waals surface area contributed by atoms with Crippen molar-refractivity contribution in [3.8, 4) is 66.9 Å². The van der Waals surface area contributed by atoms with E-state index in [-0.39, 0.29) is 11.5 Å². The Labute approximate surface area is 426 Å². The zero-order valence-electron chi connectivity index (χ0n) is 39.9. The van der Waals surface area contributed by atoms with Crippen molar-refractivity contribution in [3.05, 3.63) is 191 Å². The molecule has 9 aromatic rings. The molecule has 0 radical (unpaired) electrons. The highest BCUT2D eigenvalue weighted by Crippen LogP contribution is 2.51. The van der Waals surface area contributed by atoms with E-state index < -0.39 is 0 Å². The molecule has 0 amide bonds. The van der Waals surface area contributed by atoms with Crippen molar-refractivity contribution in [3.63, 3.8) is 0 Å². The van der Waals surface area contributed by atoms with Crippen molar-refractivity contribution >= 4 is 81.1 Å². The highest BCUT2D eigenvalue weighted by atomic mass is 32.1. The second-order valence-electron chi connectivity index (χ2n) is 16.5. The minimum Gasteiger partial charge on any atom is -0.503 e. The Kier molecular flexibility index (Phi) is 13.9. The number of anilines is 6. The summed E-state index contributed by atoms with van der Waals surface area (Å²) in [6, 6.07) is 56.3. The Morgan fingerprint density at radius 1 is 0.375 bits per heavy atom. The number of thiophene rings is 2. The van der Waals surface area contributed by atoms with Crippen LogP contribution in [-0.2, 0) is 0 Å². The Morgan fingerprint density at radius 2 is 0.694 bits per heavy atom. The van der Waals surface area contributed by atoms with Crippen LogP contribution in [0, 0.1) is 0 Å². The van der Waals surface area contributed by atoms with Crippen LogP contribution in [0.4, 0.5) is 34.1 Å². The van der Waals surface area contributed by atoms with E-state index in [2.05, 4.69) is 46.2 Å². The number of hydrogen-bond donors (Lipinski definition) is 2. The van der Waals surface area contributed by atoms with Gasteiger partial charge in [0.2, 0.25) is 0 Å². The van der Waals surface area contributed by atoms with Gasteiger partial charge in [-0.3, -0.25) is 0 Å². The summed E-state index contributed by atoms with van der Waals surface area (Å²) in [6.45, 7) is 0.952. The van der Waals surface area contributed by atoms with Crippen molar-refractivity contribution in [2.45, 2.75) is 0 Å². The largest absolute Gasteiger partial charge is 0.503 e. The third kappa shape index (κ3) is 9.91. The summed E-state index contributed by atoms with van der Waals surface area (Å²) in [7, 11) is 6.63. The van der Waals surface area contributed by atoms with Gasteiger partial charge in [0.05, 0.1) is 47.9 Å². The van der Waals surface area contributed by atoms with E-state index in [4.69, 9.17) is 28.4 Å². The lowest BCUT2D eigenvalue weighted by Gasteiger charge is -2.26. The summed E-state index contributed by atoms with van der Waals surface area (Å²) in [5.74, 6) is 4.31. The zero-order chi connectivity index (χ0) is 49.6. The third-order valence-corrected chi connectivity index (χ3v) is 14.5. The van der Waals surface area contributed by atoms with Crippen LogP contribution in [0.2, 0.25) is 0 Å². The molecule has 0 saturated heterocycles. The average molecular weight is 991 g/mol. The van der Waals surface area contributed by atoms with Gasteiger partial charge in [0, 0.05) is 34.1 Å². The van der Waals surface area contributed by atoms with E-state index in [1.807, 2.05) is 158 Å². The fourth-order valence-electron chi connectivity index (χ4n) is 8.42. The first-order chi connectivity index (χ1) is 35.3. The van der Waals surface area contributed by atoms with Crippen LogP contribution in [0.3, 0.4) is 0 Å². The molecule has 3 heterocycles. The molecule has 10 rings (SSSR count). The van der Waals surface area contributed by atoms with Gasteiger partial charge in [-0.05, 0) is 156 Å². The van der Waals surface area contributed by atoms with Gasteiger partial charge in [0.25, 0.3) is 0 Å². The Hall–Kier alpha value is -8.58. The molecule has 2 aromatic heterocycles. The van der Waals surface area contributed by atoms with E-state index in [1.165, 1.54) is 11.3 Å². The first-order valence-corrected chi connectivity index (χ1v) is 24.7. The fourth-order valence-corrected chi connectivity index (χ4v) is 10.5. The molecule has 7 aromatic carbocycles. The number of ether oxygens (including phenoxy) is 6. The van der Waals surface area contributed by atoms with Gasteiger partial charge in [-0.2, -0.15) is 0 Å². The monoisotopic (exact) mass is 990 g/mol. The third-order valence-electron chi connectivity index (χ3n) is 12.2. The molecule has 0 spiro atoms. The number of fused-ring (bicyclic) bond motifs is 1. The number of methoxy groups -OCH3 is 4. The highest BCUT2D eigenvalue weighted by Gasteiger charge is 2.25. The minimum absolute atomic E-state index is 0.151. The summed E-state index contributed by atoms with van der Waals surface area (Å²) < 4.78 is 34.2. The summed E-state index contributed by atoms with van der Waals surface area (Å²) in [4.78, 5) is 7.42. The lowest BCUT2D eigenvalue weighted by atomic mass is 10.1. The quantitative estimate of drug-likeness (QED) is 0.0973. The average Bonchev–Trinajstić information content (AvgIpc) is 3.96. The summed E-state index contributed by atoms with van der Waals surface area (Å²) in [5.41, 5.74) is 9.54. The van der Waals surface area contributed by atoms with Crippen molar-refractivity contribution in [1.29, 1.82) is 0 Å². The summed E-state index contributed by atoms with van der Waals surface area (Å²) in [6.07, 6.45) is 7.90. The SMILES string of the molecule is COc1ccc(N(c2ccc(OC)cc2)c2ccc(-c3sc(/C=C/c4ccc(/C=C/c5sc(-c6ccc(N(c7ccc(OC)cc7)c7ccc(OC)cc7)cc6)c6c5OCCO6)cc4)c(O)c3O)cc2)cc1. The molecule has 12 heteroatoms. The maximum absolute atomic E-state index is 11.1. The van der Waals surface area contributed by atoms with Gasteiger partial charge >= 0.3 is 0 Å². The van der Waals surface area contributed by atoms with Crippen LogP contribution >= 0.6 is 22.7 Å². The van der Waals surface area contributed by atoms with Gasteiger partial charge in [0.15, 0.2) is 23.0 Å². The zero-order valence-corrected chi connectivity index (χ0v) is 41.6. The fraction of sp³-hybridized carbons (Fsp3) is 0.100. The molecule has 0 saturated carbocycles. The van der Waals surface area contributed by atoms with E-state index in [0.29, 0.717) is 23.0 Å². The molecule has 10 nitrogen and oxygen atoms in total. The van der Waals surface area contributed by atoms with Gasteiger partial charge in [-0.25, -0.2) is 0 Å². The number of hydrogen-bond acceptors (Lipinski definition) is 12. The van der Waals surface area contributed by atoms with Gasteiger partial charge in [-0.15, -0.1) is 22.7 Å². The van der Waals surface area contributed by atoms with Crippen LogP contribution in [0.15, 0.2) is 170 Å². The Balaban J connectivity index is 0.842. The first kappa shape index (κ1) is 47.1. The maximum Gasteiger partial charge on any atom is 0.180 e. The van der Waals surface area contributed by atoms with Crippen molar-refractivity contribution in [1.82, 2.24) is 0 Å². The second-order valence-corrected chi connectivity index (χ2v) is 18.6. The van der Waals surface area contributed by atoms with E-state index in [9.17, 15) is 10.2 Å². The predicted octanol–water partition coefficient (Wildman–Crippen LogP) is 15.6. The maximum atomic E-state index is 11.1.